The number of methoxy groups -OCH3 is 2. The third kappa shape index (κ3) is 5.85. The lowest BCUT2D eigenvalue weighted by Crippen LogP contribution is -2.39. The van der Waals surface area contributed by atoms with Crippen LogP contribution in [0.1, 0.15) is 26.1 Å². The predicted octanol–water partition coefficient (Wildman–Crippen LogP) is 2.09. The van der Waals surface area contributed by atoms with E-state index in [1.54, 1.807) is 14.2 Å². The minimum absolute atomic E-state index is 0.221. The Hall–Kier alpha value is -1.40. The van der Waals surface area contributed by atoms with Crippen LogP contribution in [0.15, 0.2) is 6.07 Å². The van der Waals surface area contributed by atoms with Crippen molar-refractivity contribution in [1.82, 2.24) is 9.97 Å². The monoisotopic (exact) mass is 296 g/mol. The van der Waals surface area contributed by atoms with Gasteiger partial charge in [-0.05, 0) is 20.3 Å². The Morgan fingerprint density at radius 3 is 2.67 bits per heavy atom. The van der Waals surface area contributed by atoms with Crippen molar-refractivity contribution in [3.63, 3.8) is 0 Å². The van der Waals surface area contributed by atoms with Crippen molar-refractivity contribution >= 4 is 11.6 Å². The Bertz CT molecular complexity index is 415. The number of aromatic nitrogens is 2. The van der Waals surface area contributed by atoms with Crippen LogP contribution in [0, 0.1) is 6.92 Å². The fraction of sp³-hybridized carbons (Fsp3) is 0.733. The number of nitrogens with zero attached hydrogens (tertiary/aromatic N) is 3. The third-order valence-electron chi connectivity index (χ3n) is 3.15. The molecule has 0 aromatic carbocycles. The Kier molecular flexibility index (Phi) is 8.00. The number of ether oxygens (including phenoxy) is 2. The predicted molar refractivity (Wildman–Crippen MR) is 86.1 cm³/mol. The summed E-state index contributed by atoms with van der Waals surface area (Å²) in [5.41, 5.74) is 0. The normalized spacial score (nSPS) is 12.2. The molecule has 1 aromatic heterocycles. The quantitative estimate of drug-likeness (QED) is 0.713. The van der Waals surface area contributed by atoms with Crippen LogP contribution in [0.2, 0.25) is 0 Å². The van der Waals surface area contributed by atoms with E-state index < -0.39 is 0 Å². The molecule has 1 aromatic rings. The number of hydrogen-bond donors (Lipinski definition) is 1. The van der Waals surface area contributed by atoms with Crippen molar-refractivity contribution < 1.29 is 9.47 Å². The maximum absolute atomic E-state index is 5.27. The number of rotatable bonds is 10. The van der Waals surface area contributed by atoms with Gasteiger partial charge in [0.25, 0.3) is 0 Å². The molecule has 0 bridgehead atoms. The van der Waals surface area contributed by atoms with Gasteiger partial charge in [-0.3, -0.25) is 0 Å². The first kappa shape index (κ1) is 17.7. The van der Waals surface area contributed by atoms with E-state index in [2.05, 4.69) is 34.0 Å². The van der Waals surface area contributed by atoms with E-state index in [-0.39, 0.29) is 6.04 Å². The Morgan fingerprint density at radius 2 is 2.05 bits per heavy atom. The second-order valence-electron chi connectivity index (χ2n) is 5.08. The summed E-state index contributed by atoms with van der Waals surface area (Å²) in [6, 6.07) is 2.21. The molecule has 120 valence electrons. The molecule has 0 fully saturated rings. The van der Waals surface area contributed by atoms with E-state index in [4.69, 9.17) is 9.47 Å². The highest BCUT2D eigenvalue weighted by Gasteiger charge is 2.17. The molecule has 0 aliphatic heterocycles. The van der Waals surface area contributed by atoms with Gasteiger partial charge >= 0.3 is 0 Å². The summed E-state index contributed by atoms with van der Waals surface area (Å²) in [5.74, 6) is 2.53. The number of nitrogens with one attached hydrogen (secondary N) is 1. The zero-order chi connectivity index (χ0) is 15.7. The average Bonchev–Trinajstić information content (AvgIpc) is 2.45. The van der Waals surface area contributed by atoms with Crippen molar-refractivity contribution in [3.05, 3.63) is 11.9 Å². The van der Waals surface area contributed by atoms with Crippen LogP contribution in [0.4, 0.5) is 11.6 Å². The Morgan fingerprint density at radius 1 is 1.29 bits per heavy atom. The maximum Gasteiger partial charge on any atom is 0.134 e. The van der Waals surface area contributed by atoms with Gasteiger partial charge in [0.15, 0.2) is 0 Å². The smallest absolute Gasteiger partial charge is 0.134 e. The van der Waals surface area contributed by atoms with Gasteiger partial charge in [0.2, 0.25) is 0 Å². The lowest BCUT2D eigenvalue weighted by molar-refractivity contribution is 0.170. The summed E-state index contributed by atoms with van der Waals surface area (Å²) in [6.45, 7) is 9.13. The lowest BCUT2D eigenvalue weighted by Gasteiger charge is -2.30. The van der Waals surface area contributed by atoms with E-state index in [1.165, 1.54) is 0 Å². The van der Waals surface area contributed by atoms with E-state index in [0.717, 1.165) is 37.0 Å². The lowest BCUT2D eigenvalue weighted by atomic mass is 10.3. The summed E-state index contributed by atoms with van der Waals surface area (Å²) < 4.78 is 10.5. The number of aryl methyl sites for hydroxylation is 1. The van der Waals surface area contributed by atoms with Crippen LogP contribution in [-0.4, -0.2) is 56.5 Å². The summed E-state index contributed by atoms with van der Waals surface area (Å²) in [6.07, 6.45) is 1.06. The van der Waals surface area contributed by atoms with Crippen LogP contribution in [0.25, 0.3) is 0 Å². The Balaban J connectivity index is 2.96. The van der Waals surface area contributed by atoms with E-state index in [0.29, 0.717) is 13.2 Å². The van der Waals surface area contributed by atoms with Crippen LogP contribution >= 0.6 is 0 Å². The second kappa shape index (κ2) is 9.52. The van der Waals surface area contributed by atoms with Crippen LogP contribution in [-0.2, 0) is 9.47 Å². The molecule has 1 N–H and O–H groups in total. The van der Waals surface area contributed by atoms with E-state index in [1.807, 2.05) is 13.0 Å². The van der Waals surface area contributed by atoms with Crippen molar-refractivity contribution in [2.45, 2.75) is 33.2 Å². The first-order chi connectivity index (χ1) is 10.1. The highest BCUT2D eigenvalue weighted by molar-refractivity contribution is 5.50. The summed E-state index contributed by atoms with van der Waals surface area (Å²) in [5, 5.41) is 3.32. The zero-order valence-corrected chi connectivity index (χ0v) is 13.8. The molecule has 6 heteroatoms. The molecule has 0 saturated carbocycles. The molecular weight excluding hydrogens is 268 g/mol. The van der Waals surface area contributed by atoms with E-state index in [9.17, 15) is 0 Å². The molecule has 0 saturated heterocycles. The Labute approximate surface area is 127 Å². The molecule has 1 unspecified atom stereocenters. The van der Waals surface area contributed by atoms with Crippen LogP contribution < -0.4 is 10.2 Å². The van der Waals surface area contributed by atoms with Gasteiger partial charge in [-0.15, -0.1) is 0 Å². The fourth-order valence-electron chi connectivity index (χ4n) is 2.12. The zero-order valence-electron chi connectivity index (χ0n) is 13.8. The summed E-state index contributed by atoms with van der Waals surface area (Å²) in [4.78, 5) is 11.2. The van der Waals surface area contributed by atoms with Crippen molar-refractivity contribution in [1.29, 1.82) is 0 Å². The van der Waals surface area contributed by atoms with Gasteiger partial charge < -0.3 is 19.7 Å². The molecule has 6 nitrogen and oxygen atoms in total. The molecule has 1 rings (SSSR count). The molecular formula is C15H28N4O2. The number of anilines is 2. The maximum atomic E-state index is 5.27. The highest BCUT2D eigenvalue weighted by atomic mass is 16.5. The minimum atomic E-state index is 0.221. The molecule has 0 radical (unpaired) electrons. The van der Waals surface area contributed by atoms with E-state index >= 15 is 0 Å². The first-order valence-corrected chi connectivity index (χ1v) is 7.46. The third-order valence-corrected chi connectivity index (χ3v) is 3.15. The number of hydrogen-bond acceptors (Lipinski definition) is 6. The van der Waals surface area contributed by atoms with Gasteiger partial charge in [-0.2, -0.15) is 0 Å². The van der Waals surface area contributed by atoms with Crippen molar-refractivity contribution in [2.75, 3.05) is 50.7 Å². The molecule has 0 aliphatic carbocycles. The van der Waals surface area contributed by atoms with Gasteiger partial charge in [0.1, 0.15) is 17.5 Å². The largest absolute Gasteiger partial charge is 0.383 e. The van der Waals surface area contributed by atoms with Crippen LogP contribution in [0.3, 0.4) is 0 Å². The van der Waals surface area contributed by atoms with Crippen molar-refractivity contribution in [2.24, 2.45) is 0 Å². The van der Waals surface area contributed by atoms with Gasteiger partial charge in [0.05, 0.1) is 19.3 Å². The second-order valence-corrected chi connectivity index (χ2v) is 5.08. The molecule has 0 spiro atoms. The standard InChI is InChI=1S/C15H28N4O2/c1-6-7-16-14-10-15(18-13(3)17-14)19(8-9-20-4)12(2)11-21-5/h10,12H,6-9,11H2,1-5H3,(H,16,17,18). The fourth-order valence-corrected chi connectivity index (χ4v) is 2.12. The van der Waals surface area contributed by atoms with Gasteiger partial charge in [-0.25, -0.2) is 9.97 Å². The summed E-state index contributed by atoms with van der Waals surface area (Å²) >= 11 is 0. The topological polar surface area (TPSA) is 59.5 Å². The average molecular weight is 296 g/mol. The first-order valence-electron chi connectivity index (χ1n) is 7.46. The van der Waals surface area contributed by atoms with Crippen LogP contribution in [0.5, 0.6) is 0 Å². The summed E-state index contributed by atoms with van der Waals surface area (Å²) in [7, 11) is 3.42. The molecule has 0 amide bonds. The molecule has 21 heavy (non-hydrogen) atoms. The molecule has 1 heterocycles. The molecule has 0 aliphatic rings. The van der Waals surface area contributed by atoms with Crippen molar-refractivity contribution in [3.8, 4) is 0 Å². The minimum Gasteiger partial charge on any atom is -0.383 e. The SMILES string of the molecule is CCCNc1cc(N(CCOC)C(C)COC)nc(C)n1. The van der Waals surface area contributed by atoms with Gasteiger partial charge in [-0.1, -0.05) is 6.92 Å². The van der Waals surface area contributed by atoms with Gasteiger partial charge in [0, 0.05) is 33.4 Å². The molecule has 1 atom stereocenters. The highest BCUT2D eigenvalue weighted by Crippen LogP contribution is 2.18.